The molecule has 1 aliphatic carbocycles. The third-order valence-electron chi connectivity index (χ3n) is 3.45. The number of ether oxygens (including phenoxy) is 1. The molecule has 2 amide bonds. The van der Waals surface area contributed by atoms with E-state index in [0.29, 0.717) is 11.8 Å². The Morgan fingerprint density at radius 2 is 1.84 bits per heavy atom. The maximum Gasteiger partial charge on any atom is 0.328 e. The van der Waals surface area contributed by atoms with Crippen LogP contribution in [0.4, 0.5) is 4.79 Å². The lowest BCUT2D eigenvalue weighted by molar-refractivity contribution is -0.140. The molecular formula is C13H24N2O4. The third kappa shape index (κ3) is 5.46. The highest BCUT2D eigenvalue weighted by Gasteiger charge is 2.26. The Morgan fingerprint density at radius 3 is 2.32 bits per heavy atom. The Morgan fingerprint density at radius 1 is 1.26 bits per heavy atom. The van der Waals surface area contributed by atoms with Gasteiger partial charge in [-0.3, -0.25) is 0 Å². The van der Waals surface area contributed by atoms with Crippen molar-refractivity contribution in [2.75, 3.05) is 13.7 Å². The first-order valence-corrected chi connectivity index (χ1v) is 6.71. The summed E-state index contributed by atoms with van der Waals surface area (Å²) >= 11 is 0. The number of nitrogens with one attached hydrogen (secondary N) is 2. The minimum atomic E-state index is -1.10. The number of urea groups is 1. The first kappa shape index (κ1) is 15.8. The van der Waals surface area contributed by atoms with Crippen molar-refractivity contribution in [3.63, 3.8) is 0 Å². The molecule has 6 nitrogen and oxygen atoms in total. The fourth-order valence-electron chi connectivity index (χ4n) is 2.79. The molecule has 1 aliphatic rings. The molecule has 3 unspecified atom stereocenters. The highest BCUT2D eigenvalue weighted by atomic mass is 16.5. The first-order chi connectivity index (χ1) is 8.92. The Labute approximate surface area is 113 Å². The zero-order valence-electron chi connectivity index (χ0n) is 11.8. The molecule has 1 fully saturated rings. The average Bonchev–Trinajstić information content (AvgIpc) is 2.26. The van der Waals surface area contributed by atoms with Gasteiger partial charge in [0.05, 0.1) is 6.61 Å². The number of methoxy groups -OCH3 is 1. The van der Waals surface area contributed by atoms with Gasteiger partial charge in [-0.2, -0.15) is 0 Å². The van der Waals surface area contributed by atoms with Crippen molar-refractivity contribution in [3.8, 4) is 0 Å². The molecule has 110 valence electrons. The summed E-state index contributed by atoms with van der Waals surface area (Å²) in [6.45, 7) is 4.31. The van der Waals surface area contributed by atoms with Crippen LogP contribution in [0.15, 0.2) is 0 Å². The molecule has 0 aromatic rings. The maximum absolute atomic E-state index is 11.8. The van der Waals surface area contributed by atoms with Crippen molar-refractivity contribution in [3.05, 3.63) is 0 Å². The molecule has 3 atom stereocenters. The quantitative estimate of drug-likeness (QED) is 0.702. The lowest BCUT2D eigenvalue weighted by atomic mass is 9.80. The number of hydrogen-bond donors (Lipinski definition) is 3. The number of aliphatic carboxylic acids is 1. The summed E-state index contributed by atoms with van der Waals surface area (Å²) in [6.07, 6.45) is 3.07. The second-order valence-corrected chi connectivity index (χ2v) is 5.58. The zero-order valence-corrected chi connectivity index (χ0v) is 11.8. The van der Waals surface area contributed by atoms with E-state index in [1.54, 1.807) is 0 Å². The molecular weight excluding hydrogens is 248 g/mol. The second kappa shape index (κ2) is 7.33. The minimum absolute atomic E-state index is 0.0414. The van der Waals surface area contributed by atoms with Crippen LogP contribution in [0, 0.1) is 11.8 Å². The SMILES string of the molecule is COCC(NC(=O)NC1CC(C)CC(C)C1)C(=O)O. The van der Waals surface area contributed by atoms with Gasteiger partial charge in [-0.15, -0.1) is 0 Å². The Kier molecular flexibility index (Phi) is 6.08. The first-order valence-electron chi connectivity index (χ1n) is 6.71. The van der Waals surface area contributed by atoms with E-state index >= 15 is 0 Å². The number of hydrogen-bond acceptors (Lipinski definition) is 3. The van der Waals surface area contributed by atoms with Gasteiger partial charge in [0.25, 0.3) is 0 Å². The molecule has 3 N–H and O–H groups in total. The minimum Gasteiger partial charge on any atom is -0.480 e. The van der Waals surface area contributed by atoms with Gasteiger partial charge >= 0.3 is 12.0 Å². The van der Waals surface area contributed by atoms with Crippen LogP contribution in [0.5, 0.6) is 0 Å². The van der Waals surface area contributed by atoms with Crippen molar-refractivity contribution < 1.29 is 19.4 Å². The summed E-state index contributed by atoms with van der Waals surface area (Å²) < 4.78 is 4.77. The van der Waals surface area contributed by atoms with E-state index in [2.05, 4.69) is 24.5 Å². The van der Waals surface area contributed by atoms with Gasteiger partial charge in [0.2, 0.25) is 0 Å². The molecule has 0 heterocycles. The number of carboxylic acid groups (broad SMARTS) is 1. The molecule has 1 saturated carbocycles. The summed E-state index contributed by atoms with van der Waals surface area (Å²) in [6, 6.07) is -1.32. The summed E-state index contributed by atoms with van der Waals surface area (Å²) in [7, 11) is 1.40. The van der Waals surface area contributed by atoms with Crippen LogP contribution in [-0.4, -0.2) is 42.9 Å². The van der Waals surface area contributed by atoms with E-state index in [9.17, 15) is 9.59 Å². The van der Waals surface area contributed by atoms with Crippen molar-refractivity contribution in [2.45, 2.75) is 45.2 Å². The number of carbonyl (C=O) groups is 2. The van der Waals surface area contributed by atoms with Crippen LogP contribution in [0.1, 0.15) is 33.1 Å². The second-order valence-electron chi connectivity index (χ2n) is 5.58. The van der Waals surface area contributed by atoms with E-state index in [0.717, 1.165) is 12.8 Å². The van der Waals surface area contributed by atoms with E-state index in [4.69, 9.17) is 9.84 Å². The molecule has 19 heavy (non-hydrogen) atoms. The third-order valence-corrected chi connectivity index (χ3v) is 3.45. The van der Waals surface area contributed by atoms with Crippen LogP contribution in [0.2, 0.25) is 0 Å². The fraction of sp³-hybridized carbons (Fsp3) is 0.846. The highest BCUT2D eigenvalue weighted by molar-refractivity contribution is 5.82. The van der Waals surface area contributed by atoms with Gasteiger partial charge < -0.3 is 20.5 Å². The summed E-state index contributed by atoms with van der Waals surface area (Å²) in [5, 5.41) is 14.2. The van der Waals surface area contributed by atoms with Crippen LogP contribution >= 0.6 is 0 Å². The summed E-state index contributed by atoms with van der Waals surface area (Å²) in [4.78, 5) is 22.7. The number of carboxylic acids is 1. The molecule has 0 radical (unpaired) electrons. The average molecular weight is 272 g/mol. The van der Waals surface area contributed by atoms with Crippen molar-refractivity contribution >= 4 is 12.0 Å². The topological polar surface area (TPSA) is 87.7 Å². The Bertz CT molecular complexity index is 312. The summed E-state index contributed by atoms with van der Waals surface area (Å²) in [5.41, 5.74) is 0. The fourth-order valence-corrected chi connectivity index (χ4v) is 2.79. The molecule has 0 spiro atoms. The predicted molar refractivity (Wildman–Crippen MR) is 70.9 cm³/mol. The molecule has 0 aromatic carbocycles. The molecule has 0 bridgehead atoms. The molecule has 0 saturated heterocycles. The predicted octanol–water partition coefficient (Wildman–Crippen LogP) is 1.21. The van der Waals surface area contributed by atoms with Crippen molar-refractivity contribution in [1.29, 1.82) is 0 Å². The maximum atomic E-state index is 11.8. The summed E-state index contributed by atoms with van der Waals surface area (Å²) in [5.74, 6) is 0.0778. The van der Waals surface area contributed by atoms with Gasteiger partial charge in [-0.05, 0) is 31.1 Å². The van der Waals surface area contributed by atoms with Gasteiger partial charge in [0.1, 0.15) is 0 Å². The van der Waals surface area contributed by atoms with Crippen LogP contribution in [-0.2, 0) is 9.53 Å². The normalized spacial score (nSPS) is 28.5. The molecule has 0 aliphatic heterocycles. The highest BCUT2D eigenvalue weighted by Crippen LogP contribution is 2.28. The standard InChI is InChI=1S/C13H24N2O4/c1-8-4-9(2)6-10(5-8)14-13(18)15-11(7-19-3)12(16)17/h8-11H,4-7H2,1-3H3,(H,16,17)(H2,14,15,18). The van der Waals surface area contributed by atoms with Crippen molar-refractivity contribution in [1.82, 2.24) is 10.6 Å². The van der Waals surface area contributed by atoms with E-state index in [1.165, 1.54) is 13.5 Å². The molecule has 0 aromatic heterocycles. The number of carbonyl (C=O) groups excluding carboxylic acids is 1. The van der Waals surface area contributed by atoms with Crippen LogP contribution < -0.4 is 10.6 Å². The number of amides is 2. The van der Waals surface area contributed by atoms with Crippen LogP contribution in [0.25, 0.3) is 0 Å². The van der Waals surface area contributed by atoms with E-state index in [1.807, 2.05) is 0 Å². The van der Waals surface area contributed by atoms with Crippen molar-refractivity contribution in [2.24, 2.45) is 11.8 Å². The van der Waals surface area contributed by atoms with Gasteiger partial charge in [0, 0.05) is 13.2 Å². The molecule has 6 heteroatoms. The zero-order chi connectivity index (χ0) is 14.4. The van der Waals surface area contributed by atoms with Gasteiger partial charge in [-0.25, -0.2) is 9.59 Å². The van der Waals surface area contributed by atoms with E-state index < -0.39 is 18.0 Å². The monoisotopic (exact) mass is 272 g/mol. The van der Waals surface area contributed by atoms with Crippen LogP contribution in [0.3, 0.4) is 0 Å². The smallest absolute Gasteiger partial charge is 0.328 e. The Balaban J connectivity index is 2.43. The Hall–Kier alpha value is -1.30. The van der Waals surface area contributed by atoms with Gasteiger partial charge in [0.15, 0.2) is 6.04 Å². The molecule has 1 rings (SSSR count). The van der Waals surface area contributed by atoms with E-state index in [-0.39, 0.29) is 12.6 Å². The largest absolute Gasteiger partial charge is 0.480 e. The lowest BCUT2D eigenvalue weighted by Crippen LogP contribution is -2.51. The van der Waals surface area contributed by atoms with Gasteiger partial charge in [-0.1, -0.05) is 13.8 Å². The lowest BCUT2D eigenvalue weighted by Gasteiger charge is -2.32. The number of rotatable bonds is 5.